The van der Waals surface area contributed by atoms with Crippen LogP contribution in [0.1, 0.15) is 25.8 Å². The number of nitrogens with one attached hydrogen (secondary N) is 1. The van der Waals surface area contributed by atoms with E-state index in [1.165, 1.54) is 5.56 Å². The lowest BCUT2D eigenvalue weighted by atomic mass is 10.1. The monoisotopic (exact) mass is 487 g/mol. The average Bonchev–Trinajstić information content (AvgIpc) is 3.31. The Labute approximate surface area is 211 Å². The summed E-state index contributed by atoms with van der Waals surface area (Å²) in [5.41, 5.74) is 3.88. The van der Waals surface area contributed by atoms with Crippen molar-refractivity contribution in [3.8, 4) is 5.75 Å². The van der Waals surface area contributed by atoms with Gasteiger partial charge in [0, 0.05) is 49.7 Å². The highest BCUT2D eigenvalue weighted by Gasteiger charge is 2.24. The maximum atomic E-state index is 12.8. The molecule has 3 aromatic rings. The molecule has 0 bridgehead atoms. The minimum atomic E-state index is -0.0916. The SMILES string of the molecule is CC(C)Oc1cc2ncnc(N3CCc4ccccc43)c2cc1NC(=O)CC=CCN1CCOCC1. The number of nitrogens with zero attached hydrogens (tertiary/aromatic N) is 4. The molecule has 188 valence electrons. The number of rotatable bonds is 8. The summed E-state index contributed by atoms with van der Waals surface area (Å²) in [5, 5.41) is 3.94. The highest BCUT2D eigenvalue weighted by Crippen LogP contribution is 2.39. The zero-order valence-corrected chi connectivity index (χ0v) is 20.9. The molecule has 1 aromatic heterocycles. The quantitative estimate of drug-likeness (QED) is 0.474. The van der Waals surface area contributed by atoms with E-state index in [9.17, 15) is 4.79 Å². The molecule has 0 radical (unpaired) electrons. The highest BCUT2D eigenvalue weighted by molar-refractivity contribution is 6.00. The van der Waals surface area contributed by atoms with Gasteiger partial charge >= 0.3 is 0 Å². The number of fused-ring (bicyclic) bond motifs is 2. The molecule has 8 nitrogen and oxygen atoms in total. The molecule has 3 heterocycles. The predicted octanol–water partition coefficient (Wildman–Crippen LogP) is 4.33. The van der Waals surface area contributed by atoms with Crippen LogP contribution < -0.4 is 15.0 Å². The number of carbonyl (C=O) groups excluding carboxylic acids is 1. The number of morpholine rings is 1. The van der Waals surface area contributed by atoms with Crippen molar-refractivity contribution in [2.45, 2.75) is 32.8 Å². The normalized spacial score (nSPS) is 16.1. The van der Waals surface area contributed by atoms with E-state index in [2.05, 4.69) is 43.3 Å². The number of carbonyl (C=O) groups is 1. The Balaban J connectivity index is 1.38. The number of amides is 1. The largest absolute Gasteiger partial charge is 0.489 e. The second-order valence-corrected chi connectivity index (χ2v) is 9.40. The summed E-state index contributed by atoms with van der Waals surface area (Å²) in [7, 11) is 0. The van der Waals surface area contributed by atoms with Crippen LogP contribution in [0, 0.1) is 0 Å². The fourth-order valence-electron chi connectivity index (χ4n) is 4.69. The Bertz CT molecular complexity index is 1250. The summed E-state index contributed by atoms with van der Waals surface area (Å²) in [6.07, 6.45) is 6.78. The average molecular weight is 488 g/mol. The molecular weight excluding hydrogens is 454 g/mol. The van der Waals surface area contributed by atoms with Crippen molar-refractivity contribution >= 4 is 34.0 Å². The van der Waals surface area contributed by atoms with Crippen molar-refractivity contribution in [1.29, 1.82) is 0 Å². The molecule has 2 aromatic carbocycles. The first-order chi connectivity index (χ1) is 17.6. The van der Waals surface area contributed by atoms with Crippen molar-refractivity contribution < 1.29 is 14.3 Å². The molecule has 5 rings (SSSR count). The number of hydrogen-bond acceptors (Lipinski definition) is 7. The van der Waals surface area contributed by atoms with Crippen LogP contribution in [0.25, 0.3) is 10.9 Å². The van der Waals surface area contributed by atoms with E-state index in [1.807, 2.05) is 44.2 Å². The van der Waals surface area contributed by atoms with E-state index in [0.717, 1.165) is 68.2 Å². The van der Waals surface area contributed by atoms with Crippen molar-refractivity contribution in [1.82, 2.24) is 14.9 Å². The van der Waals surface area contributed by atoms with Crippen LogP contribution in [0.5, 0.6) is 5.75 Å². The first kappa shape index (κ1) is 24.2. The third kappa shape index (κ3) is 5.50. The maximum absolute atomic E-state index is 12.8. The van der Waals surface area contributed by atoms with Gasteiger partial charge in [-0.05, 0) is 38.0 Å². The second kappa shape index (κ2) is 11.1. The van der Waals surface area contributed by atoms with Gasteiger partial charge < -0.3 is 19.7 Å². The van der Waals surface area contributed by atoms with Gasteiger partial charge in [0.1, 0.15) is 17.9 Å². The number of ether oxygens (including phenoxy) is 2. The van der Waals surface area contributed by atoms with Crippen molar-refractivity contribution in [3.05, 3.63) is 60.4 Å². The van der Waals surface area contributed by atoms with Crippen LogP contribution >= 0.6 is 0 Å². The van der Waals surface area contributed by atoms with Crippen LogP contribution in [0.15, 0.2) is 54.9 Å². The van der Waals surface area contributed by atoms with Gasteiger partial charge in [-0.1, -0.05) is 30.4 Å². The van der Waals surface area contributed by atoms with Crippen molar-refractivity contribution in [2.24, 2.45) is 0 Å². The van der Waals surface area contributed by atoms with Crippen LogP contribution in [0.2, 0.25) is 0 Å². The lowest BCUT2D eigenvalue weighted by Gasteiger charge is -2.25. The van der Waals surface area contributed by atoms with E-state index in [0.29, 0.717) is 17.9 Å². The van der Waals surface area contributed by atoms with Crippen molar-refractivity contribution in [2.75, 3.05) is 49.6 Å². The van der Waals surface area contributed by atoms with Crippen LogP contribution in [-0.4, -0.2) is 66.3 Å². The predicted molar refractivity (Wildman–Crippen MR) is 142 cm³/mol. The summed E-state index contributed by atoms with van der Waals surface area (Å²) in [6, 6.07) is 12.2. The Morgan fingerprint density at radius 3 is 2.81 bits per heavy atom. The zero-order valence-electron chi connectivity index (χ0n) is 20.9. The molecule has 2 aliphatic heterocycles. The van der Waals surface area contributed by atoms with E-state index in [4.69, 9.17) is 9.47 Å². The topological polar surface area (TPSA) is 79.8 Å². The molecule has 0 spiro atoms. The summed E-state index contributed by atoms with van der Waals surface area (Å²) in [6.45, 7) is 9.00. The molecular formula is C28H33N5O3. The number of benzene rings is 2. The van der Waals surface area contributed by atoms with Crippen LogP contribution in [-0.2, 0) is 16.0 Å². The molecule has 0 unspecified atom stereocenters. The minimum absolute atomic E-state index is 0.0433. The summed E-state index contributed by atoms with van der Waals surface area (Å²) in [4.78, 5) is 26.5. The summed E-state index contributed by atoms with van der Waals surface area (Å²) < 4.78 is 11.4. The Hall–Kier alpha value is -3.49. The standard InChI is InChI=1S/C28H33N5O3/c1-20(2)36-26-18-23-22(28(30-19-29-23)33-12-10-21-7-3-4-8-25(21)33)17-24(26)31-27(34)9-5-6-11-32-13-15-35-16-14-32/h3-8,17-20H,9-16H2,1-2H3,(H,31,34). The van der Waals surface area contributed by atoms with Gasteiger partial charge in [0.2, 0.25) is 5.91 Å². The Morgan fingerprint density at radius 2 is 1.97 bits per heavy atom. The number of anilines is 3. The first-order valence-electron chi connectivity index (χ1n) is 12.6. The molecule has 8 heteroatoms. The maximum Gasteiger partial charge on any atom is 0.228 e. The molecule has 1 fully saturated rings. The fourth-order valence-corrected chi connectivity index (χ4v) is 4.69. The van der Waals surface area contributed by atoms with Crippen LogP contribution in [0.3, 0.4) is 0 Å². The van der Waals surface area contributed by atoms with Crippen molar-refractivity contribution in [3.63, 3.8) is 0 Å². The molecule has 0 aliphatic carbocycles. The summed E-state index contributed by atoms with van der Waals surface area (Å²) >= 11 is 0. The Morgan fingerprint density at radius 1 is 1.14 bits per heavy atom. The van der Waals surface area contributed by atoms with E-state index < -0.39 is 0 Å². The number of hydrogen-bond donors (Lipinski definition) is 1. The fraction of sp³-hybridized carbons (Fsp3) is 0.393. The van der Waals surface area contributed by atoms with Gasteiger partial charge in [0.25, 0.3) is 0 Å². The minimum Gasteiger partial charge on any atom is -0.489 e. The highest BCUT2D eigenvalue weighted by atomic mass is 16.5. The number of aromatic nitrogens is 2. The van der Waals surface area contributed by atoms with Gasteiger partial charge in [-0.2, -0.15) is 0 Å². The molecule has 1 saturated heterocycles. The van der Waals surface area contributed by atoms with Gasteiger partial charge in [-0.3, -0.25) is 9.69 Å². The molecule has 1 N–H and O–H groups in total. The van der Waals surface area contributed by atoms with E-state index in [-0.39, 0.29) is 12.0 Å². The summed E-state index contributed by atoms with van der Waals surface area (Å²) in [5.74, 6) is 1.35. The van der Waals surface area contributed by atoms with Gasteiger partial charge in [0.05, 0.1) is 30.5 Å². The molecule has 0 saturated carbocycles. The van der Waals surface area contributed by atoms with Gasteiger partial charge in [-0.15, -0.1) is 0 Å². The molecule has 36 heavy (non-hydrogen) atoms. The molecule has 0 atom stereocenters. The molecule has 2 aliphatic rings. The lowest BCUT2D eigenvalue weighted by Crippen LogP contribution is -2.36. The van der Waals surface area contributed by atoms with E-state index >= 15 is 0 Å². The number of para-hydroxylation sites is 1. The molecule has 1 amide bonds. The van der Waals surface area contributed by atoms with E-state index in [1.54, 1.807) is 6.33 Å². The zero-order chi connectivity index (χ0) is 24.9. The van der Waals surface area contributed by atoms with Gasteiger partial charge in [0.15, 0.2) is 0 Å². The smallest absolute Gasteiger partial charge is 0.228 e. The second-order valence-electron chi connectivity index (χ2n) is 9.40. The van der Waals surface area contributed by atoms with Gasteiger partial charge in [-0.25, -0.2) is 9.97 Å². The Kier molecular flexibility index (Phi) is 7.44. The van der Waals surface area contributed by atoms with Crippen LogP contribution in [0.4, 0.5) is 17.2 Å². The third-order valence-corrected chi connectivity index (χ3v) is 6.43. The first-order valence-corrected chi connectivity index (χ1v) is 12.6. The third-order valence-electron chi connectivity index (χ3n) is 6.43. The lowest BCUT2D eigenvalue weighted by molar-refractivity contribution is -0.115.